The molecule has 1 saturated heterocycles. The van der Waals surface area contributed by atoms with Crippen LogP contribution in [0.15, 0.2) is 18.2 Å². The normalized spacial score (nSPS) is 24.5. The monoisotopic (exact) mass is 372 g/mol. The molecule has 7 heteroatoms. The molecule has 5 N–H and O–H groups in total. The van der Waals surface area contributed by atoms with Crippen molar-refractivity contribution in [3.05, 3.63) is 29.5 Å². The molecule has 7 nitrogen and oxygen atoms in total. The van der Waals surface area contributed by atoms with Crippen molar-refractivity contribution in [1.82, 2.24) is 15.2 Å². The Morgan fingerprint density at radius 2 is 2.26 bits per heavy atom. The Balaban J connectivity index is 1.63. The number of hydrogen-bond donors (Lipinski definition) is 4. The Morgan fingerprint density at radius 3 is 2.96 bits per heavy atom. The van der Waals surface area contributed by atoms with Gasteiger partial charge >= 0.3 is 6.09 Å². The van der Waals surface area contributed by atoms with Gasteiger partial charge in [0.1, 0.15) is 0 Å². The molecule has 2 aliphatic rings. The van der Waals surface area contributed by atoms with Gasteiger partial charge in [0.2, 0.25) is 0 Å². The van der Waals surface area contributed by atoms with Crippen LogP contribution < -0.4 is 16.4 Å². The molecule has 1 aliphatic heterocycles. The third kappa shape index (κ3) is 3.49. The van der Waals surface area contributed by atoms with E-state index in [0.717, 1.165) is 42.4 Å². The molecule has 0 radical (unpaired) electrons. The van der Waals surface area contributed by atoms with Crippen LogP contribution in [0.1, 0.15) is 31.5 Å². The zero-order valence-electron chi connectivity index (χ0n) is 15.9. The quantitative estimate of drug-likeness (QED) is 0.610. The van der Waals surface area contributed by atoms with Crippen molar-refractivity contribution in [2.45, 2.75) is 63.9 Å². The number of amides is 1. The van der Waals surface area contributed by atoms with Crippen molar-refractivity contribution in [3.63, 3.8) is 0 Å². The number of nitrogens with zero attached hydrogens (tertiary/aromatic N) is 1. The number of aliphatic hydroxyl groups excluding tert-OH is 1. The standard InChI is InChI=1S/C20H28N4O3/c1-11(2)27-20(26)23-13-8-15-14-7-12(21)3-4-17(14)24(18(15)9-13)10-16-19(25)5-6-22-16/h3-4,7,11,13,16,19,22,25H,5-6,8-10,21H2,1-2H3,(H,23,26)/t13-,16+,19?/m0/s1. The van der Waals surface area contributed by atoms with Gasteiger partial charge in [0.25, 0.3) is 0 Å². The van der Waals surface area contributed by atoms with E-state index in [1.165, 1.54) is 11.3 Å². The van der Waals surface area contributed by atoms with Crippen molar-refractivity contribution in [1.29, 1.82) is 0 Å². The highest BCUT2D eigenvalue weighted by molar-refractivity contribution is 5.89. The molecular weight excluding hydrogens is 344 g/mol. The zero-order valence-corrected chi connectivity index (χ0v) is 15.9. The molecule has 0 bridgehead atoms. The molecule has 1 aromatic carbocycles. The summed E-state index contributed by atoms with van der Waals surface area (Å²) in [7, 11) is 0. The number of nitrogens with two attached hydrogens (primary N) is 1. The number of nitrogens with one attached hydrogen (secondary N) is 2. The smallest absolute Gasteiger partial charge is 0.407 e. The summed E-state index contributed by atoms with van der Waals surface area (Å²) >= 11 is 0. The van der Waals surface area contributed by atoms with Crippen LogP contribution in [0.5, 0.6) is 0 Å². The van der Waals surface area contributed by atoms with E-state index in [0.29, 0.717) is 6.54 Å². The molecule has 3 atom stereocenters. The minimum absolute atomic E-state index is 0.0137. The van der Waals surface area contributed by atoms with Gasteiger partial charge in [-0.15, -0.1) is 0 Å². The summed E-state index contributed by atoms with van der Waals surface area (Å²) in [4.78, 5) is 12.0. The van der Waals surface area contributed by atoms with Gasteiger partial charge in [0.15, 0.2) is 0 Å². The first-order valence-corrected chi connectivity index (χ1v) is 9.70. The highest BCUT2D eigenvalue weighted by Gasteiger charge is 2.32. The first kappa shape index (κ1) is 18.1. The van der Waals surface area contributed by atoms with Crippen molar-refractivity contribution < 1.29 is 14.6 Å². The number of anilines is 1. The average Bonchev–Trinajstić information content (AvgIpc) is 3.24. The molecule has 1 amide bonds. The number of carbonyl (C=O) groups is 1. The predicted molar refractivity (Wildman–Crippen MR) is 105 cm³/mol. The second-order valence-corrected chi connectivity index (χ2v) is 7.93. The summed E-state index contributed by atoms with van der Waals surface area (Å²) in [6.45, 7) is 5.23. The Labute approximate surface area is 158 Å². The van der Waals surface area contributed by atoms with Gasteiger partial charge in [-0.3, -0.25) is 0 Å². The summed E-state index contributed by atoms with van der Waals surface area (Å²) in [5.74, 6) is 0. The Hall–Kier alpha value is -2.25. The van der Waals surface area contributed by atoms with E-state index >= 15 is 0 Å². The highest BCUT2D eigenvalue weighted by Crippen LogP contribution is 2.35. The van der Waals surface area contributed by atoms with Crippen LogP contribution in [0.4, 0.5) is 10.5 Å². The molecule has 2 aromatic rings. The van der Waals surface area contributed by atoms with Crippen molar-refractivity contribution in [3.8, 4) is 0 Å². The van der Waals surface area contributed by atoms with Gasteiger partial charge in [-0.1, -0.05) is 0 Å². The average molecular weight is 372 g/mol. The number of ether oxygens (including phenoxy) is 1. The molecule has 0 saturated carbocycles. The van der Waals surface area contributed by atoms with E-state index in [1.807, 2.05) is 26.0 Å². The molecule has 27 heavy (non-hydrogen) atoms. The summed E-state index contributed by atoms with van der Waals surface area (Å²) in [6, 6.07) is 6.04. The first-order valence-electron chi connectivity index (χ1n) is 9.70. The maximum absolute atomic E-state index is 12.0. The zero-order chi connectivity index (χ0) is 19.1. The molecular formula is C20H28N4O3. The number of nitrogen functional groups attached to an aromatic ring is 1. The van der Waals surface area contributed by atoms with Crippen LogP contribution >= 0.6 is 0 Å². The fourth-order valence-corrected chi connectivity index (χ4v) is 4.37. The fraction of sp³-hybridized carbons (Fsp3) is 0.550. The molecule has 1 unspecified atom stereocenters. The van der Waals surface area contributed by atoms with Crippen molar-refractivity contribution in [2.24, 2.45) is 0 Å². The van der Waals surface area contributed by atoms with Crippen LogP contribution in [0, 0.1) is 0 Å². The SMILES string of the molecule is CC(C)OC(=O)N[C@H]1Cc2c(n(C[C@H]3NCCC3O)c3ccc(N)cc23)C1. The topological polar surface area (TPSA) is 102 Å². The van der Waals surface area contributed by atoms with E-state index in [1.54, 1.807) is 0 Å². The maximum Gasteiger partial charge on any atom is 0.407 e. The number of hydrogen-bond acceptors (Lipinski definition) is 5. The molecule has 1 aromatic heterocycles. The third-order valence-electron chi connectivity index (χ3n) is 5.56. The number of benzene rings is 1. The van der Waals surface area contributed by atoms with Crippen molar-refractivity contribution >= 4 is 22.7 Å². The number of fused-ring (bicyclic) bond motifs is 3. The highest BCUT2D eigenvalue weighted by atomic mass is 16.6. The summed E-state index contributed by atoms with van der Waals surface area (Å²) < 4.78 is 7.51. The van der Waals surface area contributed by atoms with Gasteiger partial charge in [0.05, 0.1) is 18.2 Å². The first-order chi connectivity index (χ1) is 12.9. The molecule has 1 fully saturated rings. The molecule has 1 aliphatic carbocycles. The molecule has 0 spiro atoms. The van der Waals surface area contributed by atoms with Gasteiger partial charge < -0.3 is 30.8 Å². The summed E-state index contributed by atoms with van der Waals surface area (Å²) in [6.07, 6.45) is 1.45. The second kappa shape index (κ2) is 7.05. The summed E-state index contributed by atoms with van der Waals surface area (Å²) in [5.41, 5.74) is 10.4. The van der Waals surface area contributed by atoms with Gasteiger partial charge in [-0.2, -0.15) is 0 Å². The Bertz CT molecular complexity index is 861. The molecule has 146 valence electrons. The minimum Gasteiger partial charge on any atom is -0.447 e. The number of aromatic nitrogens is 1. The second-order valence-electron chi connectivity index (χ2n) is 7.93. The molecule has 2 heterocycles. The van der Waals surface area contributed by atoms with Gasteiger partial charge in [0, 0.05) is 41.3 Å². The number of alkyl carbamates (subject to hydrolysis) is 1. The third-order valence-corrected chi connectivity index (χ3v) is 5.56. The van der Waals surface area contributed by atoms with Gasteiger partial charge in [-0.25, -0.2) is 4.79 Å². The largest absolute Gasteiger partial charge is 0.447 e. The van der Waals surface area contributed by atoms with Crippen LogP contribution in [-0.2, 0) is 24.1 Å². The number of aliphatic hydroxyl groups is 1. The molecule has 4 rings (SSSR count). The lowest BCUT2D eigenvalue weighted by Crippen LogP contribution is -2.38. The van der Waals surface area contributed by atoms with E-state index in [9.17, 15) is 9.90 Å². The van der Waals surface area contributed by atoms with Crippen LogP contribution in [0.25, 0.3) is 10.9 Å². The summed E-state index contributed by atoms with van der Waals surface area (Å²) in [5, 5.41) is 17.7. The Kier molecular flexibility index (Phi) is 4.74. The minimum atomic E-state index is -0.372. The fourth-order valence-electron chi connectivity index (χ4n) is 4.37. The lowest BCUT2D eigenvalue weighted by atomic mass is 10.1. The number of carbonyl (C=O) groups excluding carboxylic acids is 1. The lowest BCUT2D eigenvalue weighted by molar-refractivity contribution is 0.112. The lowest BCUT2D eigenvalue weighted by Gasteiger charge is -2.20. The number of rotatable bonds is 4. The van der Waals surface area contributed by atoms with E-state index in [4.69, 9.17) is 10.5 Å². The van der Waals surface area contributed by atoms with Crippen LogP contribution in [-0.4, -0.2) is 46.6 Å². The van der Waals surface area contributed by atoms with Gasteiger partial charge in [-0.05, 0) is 57.0 Å². The van der Waals surface area contributed by atoms with Crippen molar-refractivity contribution in [2.75, 3.05) is 12.3 Å². The van der Waals surface area contributed by atoms with Crippen LogP contribution in [0.2, 0.25) is 0 Å². The van der Waals surface area contributed by atoms with Crippen LogP contribution in [0.3, 0.4) is 0 Å². The Morgan fingerprint density at radius 1 is 1.44 bits per heavy atom. The predicted octanol–water partition coefficient (Wildman–Crippen LogP) is 1.55. The van der Waals surface area contributed by atoms with E-state index < -0.39 is 0 Å². The van der Waals surface area contributed by atoms with E-state index in [-0.39, 0.29) is 30.4 Å². The van der Waals surface area contributed by atoms with E-state index in [2.05, 4.69) is 21.3 Å². The maximum atomic E-state index is 12.0.